The number of nitro benzene ring substituents is 1. The second-order valence-electron chi connectivity index (χ2n) is 2.24. The van der Waals surface area contributed by atoms with Gasteiger partial charge in [0.1, 0.15) is 11.4 Å². The molecule has 1 aromatic rings. The molecule has 13 heavy (non-hydrogen) atoms. The summed E-state index contributed by atoms with van der Waals surface area (Å²) in [5, 5.41) is 12.9. The Kier molecular flexibility index (Phi) is 2.53. The first kappa shape index (κ1) is 9.11. The van der Waals surface area contributed by atoms with Crippen molar-refractivity contribution < 1.29 is 9.66 Å². The van der Waals surface area contributed by atoms with Crippen molar-refractivity contribution in [3.05, 3.63) is 33.2 Å². The second-order valence-corrected chi connectivity index (χ2v) is 2.24. The predicted molar refractivity (Wildman–Crippen MR) is 45.1 cm³/mol. The molecule has 0 fully saturated rings. The van der Waals surface area contributed by atoms with Crippen molar-refractivity contribution in [3.8, 4) is 5.75 Å². The fourth-order valence-electron chi connectivity index (χ4n) is 0.844. The highest BCUT2D eigenvalue weighted by Crippen LogP contribution is 2.27. The van der Waals surface area contributed by atoms with Gasteiger partial charge in [0.2, 0.25) is 0 Å². The fraction of sp³-hybridized carbons (Fsp3) is 0.143. The number of nitrogens with zero attached hydrogens (tertiary/aromatic N) is 2. The smallest absolute Gasteiger partial charge is 0.275 e. The normalized spacial score (nSPS) is 9.31. The largest absolute Gasteiger partial charge is 0.496 e. The molecule has 0 aromatic heterocycles. The van der Waals surface area contributed by atoms with E-state index in [1.807, 2.05) is 0 Å². The molecule has 1 rings (SSSR count). The van der Waals surface area contributed by atoms with Crippen LogP contribution in [-0.4, -0.2) is 12.0 Å². The minimum Gasteiger partial charge on any atom is -0.496 e. The van der Waals surface area contributed by atoms with Gasteiger partial charge in [0.15, 0.2) is 0 Å². The van der Waals surface area contributed by atoms with Crippen LogP contribution >= 0.6 is 0 Å². The summed E-state index contributed by atoms with van der Waals surface area (Å²) in [6, 6.07) is 3.62. The summed E-state index contributed by atoms with van der Waals surface area (Å²) >= 11 is 0. The van der Waals surface area contributed by atoms with Gasteiger partial charge in [-0.15, -0.1) is 4.91 Å². The third kappa shape index (κ3) is 1.98. The maximum Gasteiger partial charge on any atom is 0.275 e. The van der Waals surface area contributed by atoms with E-state index in [0.717, 1.165) is 6.07 Å². The Morgan fingerprint density at radius 2 is 2.15 bits per heavy atom. The third-order valence-electron chi connectivity index (χ3n) is 1.43. The number of benzene rings is 1. The molecule has 0 radical (unpaired) electrons. The van der Waals surface area contributed by atoms with Gasteiger partial charge >= 0.3 is 0 Å². The molecule has 6 nitrogen and oxygen atoms in total. The Morgan fingerprint density at radius 3 is 2.62 bits per heavy atom. The van der Waals surface area contributed by atoms with E-state index in [0.29, 0.717) is 0 Å². The van der Waals surface area contributed by atoms with Crippen molar-refractivity contribution in [2.24, 2.45) is 5.18 Å². The average Bonchev–Trinajstić information content (AvgIpc) is 2.16. The zero-order valence-corrected chi connectivity index (χ0v) is 6.76. The van der Waals surface area contributed by atoms with Crippen LogP contribution in [0.5, 0.6) is 5.75 Å². The van der Waals surface area contributed by atoms with Gasteiger partial charge in [-0.05, 0) is 5.18 Å². The van der Waals surface area contributed by atoms with Crippen molar-refractivity contribution in [3.63, 3.8) is 0 Å². The monoisotopic (exact) mass is 182 g/mol. The lowest BCUT2D eigenvalue weighted by atomic mass is 10.2. The molecule has 0 spiro atoms. The number of hydrogen-bond donors (Lipinski definition) is 0. The second kappa shape index (κ2) is 3.61. The van der Waals surface area contributed by atoms with Gasteiger partial charge < -0.3 is 4.74 Å². The maximum atomic E-state index is 10.3. The SMILES string of the molecule is COc1cc(N=O)cc([N+](=O)[O-])c1. The quantitative estimate of drug-likeness (QED) is 0.406. The minimum absolute atomic E-state index is 0.0222. The van der Waals surface area contributed by atoms with E-state index in [1.165, 1.54) is 19.2 Å². The Bertz CT molecular complexity index is 350. The Morgan fingerprint density at radius 1 is 1.46 bits per heavy atom. The summed E-state index contributed by atoms with van der Waals surface area (Å²) in [7, 11) is 1.35. The first-order valence-electron chi connectivity index (χ1n) is 3.34. The van der Waals surface area contributed by atoms with Crippen molar-refractivity contribution >= 4 is 11.4 Å². The topological polar surface area (TPSA) is 81.8 Å². The van der Waals surface area contributed by atoms with Crippen LogP contribution in [0.3, 0.4) is 0 Å². The first-order valence-corrected chi connectivity index (χ1v) is 3.34. The molecule has 68 valence electrons. The summed E-state index contributed by atoms with van der Waals surface area (Å²) in [6.45, 7) is 0. The Hall–Kier alpha value is -1.98. The molecular weight excluding hydrogens is 176 g/mol. The fourth-order valence-corrected chi connectivity index (χ4v) is 0.844. The molecule has 0 saturated carbocycles. The highest BCUT2D eigenvalue weighted by Gasteiger charge is 2.09. The molecule has 0 N–H and O–H groups in total. The Balaban J connectivity index is 3.22. The van der Waals surface area contributed by atoms with Crippen LogP contribution in [0.25, 0.3) is 0 Å². The molecule has 0 heterocycles. The molecule has 0 saturated heterocycles. The molecule has 0 amide bonds. The summed E-state index contributed by atoms with van der Waals surface area (Å²) in [5.74, 6) is 0.240. The van der Waals surface area contributed by atoms with Gasteiger partial charge in [-0.25, -0.2) is 0 Å². The number of ether oxygens (including phenoxy) is 1. The van der Waals surface area contributed by atoms with Crippen LogP contribution in [0.4, 0.5) is 11.4 Å². The van der Waals surface area contributed by atoms with Crippen LogP contribution in [0.15, 0.2) is 23.4 Å². The summed E-state index contributed by atoms with van der Waals surface area (Å²) in [5.41, 5.74) is -0.236. The molecular formula is C7H6N2O4. The molecule has 0 bridgehead atoms. The van der Waals surface area contributed by atoms with Gasteiger partial charge in [-0.3, -0.25) is 10.1 Å². The summed E-state index contributed by atoms with van der Waals surface area (Å²) < 4.78 is 4.74. The highest BCUT2D eigenvalue weighted by molar-refractivity contribution is 5.52. The van der Waals surface area contributed by atoms with E-state index in [9.17, 15) is 15.0 Å². The van der Waals surface area contributed by atoms with Gasteiger partial charge in [-0.2, -0.15) is 0 Å². The van der Waals surface area contributed by atoms with Crippen molar-refractivity contribution in [1.29, 1.82) is 0 Å². The number of non-ortho nitro benzene ring substituents is 1. The lowest BCUT2D eigenvalue weighted by Gasteiger charge is -1.99. The molecule has 0 atom stereocenters. The molecule has 0 aliphatic heterocycles. The molecule has 1 aromatic carbocycles. The number of nitro groups is 1. The van der Waals surface area contributed by atoms with Crippen molar-refractivity contribution in [2.75, 3.05) is 7.11 Å². The predicted octanol–water partition coefficient (Wildman–Crippen LogP) is 2.00. The minimum atomic E-state index is -0.614. The van der Waals surface area contributed by atoms with Crippen LogP contribution < -0.4 is 4.74 Å². The van der Waals surface area contributed by atoms with Gasteiger partial charge in [0.25, 0.3) is 5.69 Å². The van der Waals surface area contributed by atoms with E-state index in [-0.39, 0.29) is 17.1 Å². The van der Waals surface area contributed by atoms with Crippen molar-refractivity contribution in [1.82, 2.24) is 0 Å². The maximum absolute atomic E-state index is 10.3. The number of nitroso groups, excluding NO2 is 1. The number of hydrogen-bond acceptors (Lipinski definition) is 5. The lowest BCUT2D eigenvalue weighted by Crippen LogP contribution is -1.89. The molecule has 6 heteroatoms. The number of rotatable bonds is 3. The zero-order valence-electron chi connectivity index (χ0n) is 6.76. The van der Waals surface area contributed by atoms with E-state index < -0.39 is 4.92 Å². The number of methoxy groups -OCH3 is 1. The lowest BCUT2D eigenvalue weighted by molar-refractivity contribution is -0.384. The van der Waals surface area contributed by atoms with E-state index in [2.05, 4.69) is 5.18 Å². The van der Waals surface area contributed by atoms with Crippen LogP contribution in [0, 0.1) is 15.0 Å². The van der Waals surface area contributed by atoms with Crippen molar-refractivity contribution in [2.45, 2.75) is 0 Å². The Labute approximate surface area is 73.3 Å². The van der Waals surface area contributed by atoms with E-state index >= 15 is 0 Å². The standard InChI is InChI=1S/C7H6N2O4/c1-13-7-3-5(8-10)2-6(4-7)9(11)12/h2-4H,1H3. The highest BCUT2D eigenvalue weighted by atomic mass is 16.6. The van der Waals surface area contributed by atoms with E-state index in [1.54, 1.807) is 0 Å². The average molecular weight is 182 g/mol. The third-order valence-corrected chi connectivity index (χ3v) is 1.43. The molecule has 0 aliphatic carbocycles. The summed E-state index contributed by atoms with van der Waals surface area (Å²) in [6.07, 6.45) is 0. The first-order chi connectivity index (χ1) is 6.17. The van der Waals surface area contributed by atoms with Crippen LogP contribution in [0.2, 0.25) is 0 Å². The van der Waals surface area contributed by atoms with Crippen LogP contribution in [0.1, 0.15) is 0 Å². The zero-order chi connectivity index (χ0) is 9.84. The van der Waals surface area contributed by atoms with Gasteiger partial charge in [-0.1, -0.05) is 0 Å². The molecule has 0 unspecified atom stereocenters. The van der Waals surface area contributed by atoms with E-state index in [4.69, 9.17) is 4.74 Å². The van der Waals surface area contributed by atoms with Gasteiger partial charge in [0.05, 0.1) is 18.1 Å². The van der Waals surface area contributed by atoms with Gasteiger partial charge in [0, 0.05) is 12.1 Å². The van der Waals surface area contributed by atoms with Crippen LogP contribution in [-0.2, 0) is 0 Å². The molecule has 0 aliphatic rings. The summed E-state index contributed by atoms with van der Waals surface area (Å²) in [4.78, 5) is 19.9.